The number of rotatable bonds is 3. The molecule has 3 atom stereocenters. The molecule has 0 saturated carbocycles. The summed E-state index contributed by atoms with van der Waals surface area (Å²) < 4.78 is 53.6. The summed E-state index contributed by atoms with van der Waals surface area (Å²) in [5.74, 6) is -0.0825. The summed E-state index contributed by atoms with van der Waals surface area (Å²) in [5, 5.41) is 3.90. The molecular weight excluding hydrogens is 341 g/mol. The van der Waals surface area contributed by atoms with Gasteiger partial charge in [-0.15, -0.1) is 0 Å². The summed E-state index contributed by atoms with van der Waals surface area (Å²) in [6.07, 6.45) is 3.19. The number of nitrogens with zero attached hydrogens (tertiary/aromatic N) is 3. The predicted octanol–water partition coefficient (Wildman–Crippen LogP) is 0.905. The Morgan fingerprint density at radius 2 is 2.09 bits per heavy atom. The third-order valence-electron chi connectivity index (χ3n) is 4.32. The largest absolute Gasteiger partial charge is 0.259 e. The number of aromatic nitrogens is 2. The molecule has 2 aromatic rings. The Morgan fingerprint density at radius 3 is 2.74 bits per heavy atom. The van der Waals surface area contributed by atoms with Gasteiger partial charge in [0.15, 0.2) is 0 Å². The van der Waals surface area contributed by atoms with Gasteiger partial charge in [-0.2, -0.15) is 9.40 Å². The summed E-state index contributed by atoms with van der Waals surface area (Å²) in [7, 11) is -4.63. The molecule has 1 unspecified atom stereocenters. The van der Waals surface area contributed by atoms with Crippen molar-refractivity contribution >= 4 is 20.8 Å². The first-order chi connectivity index (χ1) is 11.0. The highest BCUT2D eigenvalue weighted by molar-refractivity contribution is 7.90. The zero-order valence-electron chi connectivity index (χ0n) is 12.0. The molecule has 1 aromatic heterocycles. The van der Waals surface area contributed by atoms with Gasteiger partial charge in [0.1, 0.15) is 16.4 Å². The lowest BCUT2D eigenvalue weighted by molar-refractivity contribution is 0.407. The maximum atomic E-state index is 13.8. The fraction of sp³-hybridized carbons (Fsp3) is 0.357. The molecule has 1 aromatic carbocycles. The highest BCUT2D eigenvalue weighted by Gasteiger charge is 2.48. The molecule has 23 heavy (non-hydrogen) atoms. The van der Waals surface area contributed by atoms with Crippen LogP contribution in [0.3, 0.4) is 0 Å². The van der Waals surface area contributed by atoms with E-state index in [9.17, 15) is 17.0 Å². The monoisotopic (exact) mass is 355 g/mol. The summed E-state index contributed by atoms with van der Waals surface area (Å²) in [4.78, 5) is 0.0269. The summed E-state index contributed by atoms with van der Waals surface area (Å²) in [5.41, 5.74) is 0.193. The van der Waals surface area contributed by atoms with Gasteiger partial charge >= 0.3 is 0 Å². The molecule has 9 heteroatoms. The number of hydrogen-bond donors (Lipinski definition) is 0. The minimum absolute atomic E-state index is 0.0269. The van der Waals surface area contributed by atoms with E-state index in [-0.39, 0.29) is 28.4 Å². The zero-order valence-corrected chi connectivity index (χ0v) is 13.6. The molecule has 2 bridgehead atoms. The van der Waals surface area contributed by atoms with Crippen LogP contribution in [-0.4, -0.2) is 50.3 Å². The van der Waals surface area contributed by atoms with Gasteiger partial charge in [-0.1, -0.05) is 12.1 Å². The Kier molecular flexibility index (Phi) is 3.40. The Labute approximate surface area is 135 Å². The van der Waals surface area contributed by atoms with Crippen LogP contribution in [0, 0.1) is 5.82 Å². The molecule has 4 rings (SSSR count). The lowest BCUT2D eigenvalue weighted by atomic mass is 10.3. The Hall–Kier alpha value is -1.58. The van der Waals surface area contributed by atoms with E-state index >= 15 is 0 Å². The number of halogens is 1. The topological polar surface area (TPSA) is 72.3 Å². The van der Waals surface area contributed by atoms with Crippen LogP contribution in [0.2, 0.25) is 0 Å². The number of para-hydroxylation sites is 1. The van der Waals surface area contributed by atoms with Crippen molar-refractivity contribution < 1.29 is 17.0 Å². The van der Waals surface area contributed by atoms with Crippen LogP contribution < -0.4 is 0 Å². The SMILES string of the molecule is O=S1C[C@@H]2C[C@H]1CN2S(=O)(=O)c1cnn(-c2ccccc2F)c1. The molecule has 2 aliphatic heterocycles. The average Bonchev–Trinajstić information content (AvgIpc) is 3.22. The maximum absolute atomic E-state index is 13.8. The van der Waals surface area contributed by atoms with E-state index in [2.05, 4.69) is 5.10 Å². The zero-order chi connectivity index (χ0) is 16.2. The second-order valence-corrected chi connectivity index (χ2v) is 9.36. The molecule has 3 heterocycles. The average molecular weight is 355 g/mol. The quantitative estimate of drug-likeness (QED) is 0.820. The molecule has 0 spiro atoms. The molecule has 122 valence electrons. The smallest absolute Gasteiger partial charge is 0.246 e. The van der Waals surface area contributed by atoms with Crippen LogP contribution >= 0.6 is 0 Å². The second-order valence-electron chi connectivity index (χ2n) is 5.71. The van der Waals surface area contributed by atoms with E-state index in [1.54, 1.807) is 12.1 Å². The molecule has 0 aliphatic carbocycles. The van der Waals surface area contributed by atoms with E-state index in [0.717, 1.165) is 0 Å². The lowest BCUT2D eigenvalue weighted by Gasteiger charge is -2.24. The third-order valence-corrected chi connectivity index (χ3v) is 7.99. The normalized spacial score (nSPS) is 27.6. The van der Waals surface area contributed by atoms with E-state index in [1.807, 2.05) is 0 Å². The molecule has 0 amide bonds. The molecule has 2 fully saturated rings. The first-order valence-corrected chi connectivity index (χ1v) is 9.97. The van der Waals surface area contributed by atoms with Gasteiger partial charge in [0.2, 0.25) is 10.0 Å². The van der Waals surface area contributed by atoms with Crippen molar-refractivity contribution in [3.05, 3.63) is 42.5 Å². The number of sulfonamides is 1. The fourth-order valence-corrected chi connectivity index (χ4v) is 6.68. The lowest BCUT2D eigenvalue weighted by Crippen LogP contribution is -2.42. The molecule has 0 radical (unpaired) electrons. The van der Waals surface area contributed by atoms with Crippen molar-refractivity contribution in [3.8, 4) is 5.69 Å². The van der Waals surface area contributed by atoms with Gasteiger partial charge < -0.3 is 0 Å². The van der Waals surface area contributed by atoms with Crippen molar-refractivity contribution in [2.45, 2.75) is 22.6 Å². The molecular formula is C14H14FN3O3S2. The van der Waals surface area contributed by atoms with Crippen LogP contribution in [0.4, 0.5) is 4.39 Å². The molecule has 6 nitrogen and oxygen atoms in total. The summed E-state index contributed by atoms with van der Waals surface area (Å²) in [6, 6.07) is 5.83. The molecule has 2 aliphatic rings. The third kappa shape index (κ3) is 2.34. The fourth-order valence-electron chi connectivity index (χ4n) is 3.15. The van der Waals surface area contributed by atoms with E-state index in [1.165, 1.54) is 33.5 Å². The number of fused-ring (bicyclic) bond motifs is 2. The number of hydrogen-bond acceptors (Lipinski definition) is 4. The van der Waals surface area contributed by atoms with Crippen molar-refractivity contribution in [1.29, 1.82) is 0 Å². The van der Waals surface area contributed by atoms with Crippen LogP contribution in [0.15, 0.2) is 41.6 Å². The van der Waals surface area contributed by atoms with Crippen LogP contribution in [0.25, 0.3) is 5.69 Å². The van der Waals surface area contributed by atoms with Gasteiger partial charge in [0, 0.05) is 29.1 Å². The highest BCUT2D eigenvalue weighted by Crippen LogP contribution is 2.34. The van der Waals surface area contributed by atoms with Gasteiger partial charge in [0.25, 0.3) is 0 Å². The van der Waals surface area contributed by atoms with E-state index < -0.39 is 26.6 Å². The number of benzene rings is 1. The van der Waals surface area contributed by atoms with Crippen LogP contribution in [0.1, 0.15) is 6.42 Å². The molecule has 2 saturated heterocycles. The van der Waals surface area contributed by atoms with E-state index in [4.69, 9.17) is 0 Å². The predicted molar refractivity (Wildman–Crippen MR) is 82.6 cm³/mol. The summed E-state index contributed by atoms with van der Waals surface area (Å²) >= 11 is 0. The van der Waals surface area contributed by atoms with Crippen molar-refractivity contribution in [2.75, 3.05) is 12.3 Å². The van der Waals surface area contributed by atoms with Gasteiger partial charge in [-0.25, -0.2) is 17.5 Å². The first kappa shape index (κ1) is 15.0. The molecule has 0 N–H and O–H groups in total. The standard InChI is InChI=1S/C14H14FN3O3S2/c15-13-3-1-2-4-14(13)17-8-12(6-16-17)23(20,21)18-7-11-5-10(18)9-22(11)19/h1-4,6,8,10-11H,5,7,9H2/t10-,11-,22?/m0/s1. The maximum Gasteiger partial charge on any atom is 0.246 e. The minimum atomic E-state index is -3.70. The van der Waals surface area contributed by atoms with Crippen molar-refractivity contribution in [1.82, 2.24) is 14.1 Å². The Bertz CT molecular complexity index is 896. The van der Waals surface area contributed by atoms with Crippen LogP contribution in [0.5, 0.6) is 0 Å². The van der Waals surface area contributed by atoms with E-state index in [0.29, 0.717) is 12.2 Å². The van der Waals surface area contributed by atoms with Gasteiger partial charge in [-0.05, 0) is 18.6 Å². The first-order valence-electron chi connectivity index (χ1n) is 7.15. The minimum Gasteiger partial charge on any atom is -0.259 e. The highest BCUT2D eigenvalue weighted by atomic mass is 32.2. The Morgan fingerprint density at radius 1 is 1.30 bits per heavy atom. The second kappa shape index (κ2) is 5.22. The van der Waals surface area contributed by atoms with Crippen molar-refractivity contribution in [2.24, 2.45) is 0 Å². The van der Waals surface area contributed by atoms with Gasteiger partial charge in [0.05, 0.1) is 17.6 Å². The van der Waals surface area contributed by atoms with Crippen LogP contribution in [-0.2, 0) is 20.8 Å². The summed E-state index contributed by atoms with van der Waals surface area (Å²) in [6.45, 7) is 0.282. The Balaban J connectivity index is 1.67. The van der Waals surface area contributed by atoms with Crippen molar-refractivity contribution in [3.63, 3.8) is 0 Å². The van der Waals surface area contributed by atoms with Gasteiger partial charge in [-0.3, -0.25) is 4.21 Å².